The summed E-state index contributed by atoms with van der Waals surface area (Å²) in [6.07, 6.45) is 1.42. The number of hydrogen-bond acceptors (Lipinski definition) is 3. The quantitative estimate of drug-likeness (QED) is 0.496. The Morgan fingerprint density at radius 1 is 1.23 bits per heavy atom. The average molecular weight is 172 g/mol. The zero-order valence-electron chi connectivity index (χ0n) is 6.86. The van der Waals surface area contributed by atoms with Crippen molar-refractivity contribution in [1.82, 2.24) is 9.97 Å². The van der Waals surface area contributed by atoms with Gasteiger partial charge in [0.2, 0.25) is 0 Å². The zero-order valence-corrected chi connectivity index (χ0v) is 6.86. The van der Waals surface area contributed by atoms with Crippen LogP contribution in [-0.4, -0.2) is 15.8 Å². The third kappa shape index (κ3) is 1.22. The normalized spacial score (nSPS) is 10.2. The van der Waals surface area contributed by atoms with E-state index in [1.165, 1.54) is 6.33 Å². The second-order valence-corrected chi connectivity index (χ2v) is 2.65. The van der Waals surface area contributed by atoms with Crippen LogP contribution in [0, 0.1) is 5.41 Å². The summed E-state index contributed by atoms with van der Waals surface area (Å²) in [5.41, 5.74) is 6.67. The highest BCUT2D eigenvalue weighted by Crippen LogP contribution is 2.12. The maximum atomic E-state index is 7.30. The molecular weight excluding hydrogens is 164 g/mol. The summed E-state index contributed by atoms with van der Waals surface area (Å²) in [6, 6.07) is 7.48. The third-order valence-corrected chi connectivity index (χ3v) is 1.80. The van der Waals surface area contributed by atoms with Crippen molar-refractivity contribution >= 4 is 16.7 Å². The Hall–Kier alpha value is -1.97. The molecule has 1 aromatic carbocycles. The van der Waals surface area contributed by atoms with Gasteiger partial charge in [-0.1, -0.05) is 18.2 Å². The number of hydrogen-bond donors (Lipinski definition) is 2. The molecule has 2 rings (SSSR count). The molecule has 0 aliphatic heterocycles. The van der Waals surface area contributed by atoms with Crippen molar-refractivity contribution in [3.05, 3.63) is 36.3 Å². The lowest BCUT2D eigenvalue weighted by molar-refractivity contribution is 1.19. The molecule has 0 atom stereocenters. The van der Waals surface area contributed by atoms with Gasteiger partial charge in [-0.2, -0.15) is 0 Å². The van der Waals surface area contributed by atoms with Crippen LogP contribution in [0.15, 0.2) is 30.6 Å². The first-order chi connectivity index (χ1) is 6.29. The molecule has 0 spiro atoms. The van der Waals surface area contributed by atoms with Gasteiger partial charge in [0.15, 0.2) is 0 Å². The van der Waals surface area contributed by atoms with Crippen LogP contribution < -0.4 is 5.73 Å². The van der Waals surface area contributed by atoms with E-state index in [1.54, 1.807) is 0 Å². The van der Waals surface area contributed by atoms with Gasteiger partial charge in [0.25, 0.3) is 0 Å². The molecule has 13 heavy (non-hydrogen) atoms. The number of nitrogens with two attached hydrogens (primary N) is 1. The van der Waals surface area contributed by atoms with Crippen molar-refractivity contribution in [2.45, 2.75) is 0 Å². The molecule has 1 aromatic heterocycles. The van der Waals surface area contributed by atoms with Gasteiger partial charge in [-0.15, -0.1) is 0 Å². The fourth-order valence-corrected chi connectivity index (χ4v) is 1.22. The molecular formula is C9H8N4. The minimum absolute atomic E-state index is 0.0291. The summed E-state index contributed by atoms with van der Waals surface area (Å²) in [5.74, 6) is -0.0291. The average Bonchev–Trinajstić information content (AvgIpc) is 2.17. The van der Waals surface area contributed by atoms with E-state index in [1.807, 2.05) is 24.3 Å². The van der Waals surface area contributed by atoms with E-state index >= 15 is 0 Å². The molecule has 0 unspecified atom stereocenters. The van der Waals surface area contributed by atoms with Gasteiger partial charge < -0.3 is 5.73 Å². The molecule has 0 fully saturated rings. The van der Waals surface area contributed by atoms with Crippen LogP contribution in [0.5, 0.6) is 0 Å². The van der Waals surface area contributed by atoms with E-state index in [0.29, 0.717) is 5.69 Å². The summed E-state index contributed by atoms with van der Waals surface area (Å²) >= 11 is 0. The van der Waals surface area contributed by atoms with Crippen molar-refractivity contribution in [2.24, 2.45) is 5.73 Å². The predicted molar refractivity (Wildman–Crippen MR) is 50.6 cm³/mol. The van der Waals surface area contributed by atoms with Crippen LogP contribution >= 0.6 is 0 Å². The van der Waals surface area contributed by atoms with Crippen LogP contribution in [0.25, 0.3) is 10.9 Å². The summed E-state index contributed by atoms with van der Waals surface area (Å²) in [6.45, 7) is 0. The second-order valence-electron chi connectivity index (χ2n) is 2.65. The third-order valence-electron chi connectivity index (χ3n) is 1.80. The van der Waals surface area contributed by atoms with Crippen LogP contribution in [-0.2, 0) is 0 Å². The number of benzene rings is 1. The summed E-state index contributed by atoms with van der Waals surface area (Å²) in [4.78, 5) is 8.01. The van der Waals surface area contributed by atoms with Gasteiger partial charge in [-0.3, -0.25) is 5.41 Å². The number of para-hydroxylation sites is 1. The molecule has 0 radical (unpaired) electrons. The van der Waals surface area contributed by atoms with Gasteiger partial charge in [-0.25, -0.2) is 9.97 Å². The van der Waals surface area contributed by atoms with Crippen molar-refractivity contribution in [3.63, 3.8) is 0 Å². The van der Waals surface area contributed by atoms with Crippen molar-refractivity contribution in [1.29, 1.82) is 5.41 Å². The SMILES string of the molecule is N=C(N)c1ncnc2ccccc12. The maximum Gasteiger partial charge on any atom is 0.142 e. The smallest absolute Gasteiger partial charge is 0.142 e. The highest BCUT2D eigenvalue weighted by atomic mass is 14.9. The Balaban J connectivity index is 2.83. The van der Waals surface area contributed by atoms with E-state index in [4.69, 9.17) is 11.1 Å². The van der Waals surface area contributed by atoms with Crippen LogP contribution in [0.4, 0.5) is 0 Å². The van der Waals surface area contributed by atoms with Gasteiger partial charge in [0.05, 0.1) is 5.52 Å². The van der Waals surface area contributed by atoms with Crippen molar-refractivity contribution in [2.75, 3.05) is 0 Å². The number of rotatable bonds is 1. The number of amidine groups is 1. The Kier molecular flexibility index (Phi) is 1.66. The molecule has 0 saturated heterocycles. The first-order valence-corrected chi connectivity index (χ1v) is 3.83. The van der Waals surface area contributed by atoms with E-state index < -0.39 is 0 Å². The van der Waals surface area contributed by atoms with Gasteiger partial charge in [-0.05, 0) is 6.07 Å². The van der Waals surface area contributed by atoms with Crippen molar-refractivity contribution < 1.29 is 0 Å². The van der Waals surface area contributed by atoms with Crippen LogP contribution in [0.1, 0.15) is 5.69 Å². The molecule has 0 aliphatic rings. The first kappa shape index (κ1) is 7.67. The standard InChI is InChI=1S/C9H8N4/c10-9(11)8-6-3-1-2-4-7(6)12-5-13-8/h1-5H,(H3,10,11). The highest BCUT2D eigenvalue weighted by Gasteiger charge is 2.03. The minimum atomic E-state index is -0.0291. The number of nitrogens with zero attached hydrogens (tertiary/aromatic N) is 2. The van der Waals surface area contributed by atoms with Crippen molar-refractivity contribution in [3.8, 4) is 0 Å². The van der Waals surface area contributed by atoms with E-state index in [0.717, 1.165) is 10.9 Å². The lowest BCUT2D eigenvalue weighted by Crippen LogP contribution is -2.13. The molecule has 0 aliphatic carbocycles. The number of fused-ring (bicyclic) bond motifs is 1. The maximum absolute atomic E-state index is 7.30. The molecule has 4 nitrogen and oxygen atoms in total. The molecule has 2 aromatic rings. The summed E-state index contributed by atoms with van der Waals surface area (Å²) in [5, 5.41) is 8.12. The van der Waals surface area contributed by atoms with Gasteiger partial charge in [0, 0.05) is 5.39 Å². The Bertz CT molecular complexity index is 459. The Morgan fingerprint density at radius 3 is 2.77 bits per heavy atom. The zero-order chi connectivity index (χ0) is 9.26. The fourth-order valence-electron chi connectivity index (χ4n) is 1.22. The second kappa shape index (κ2) is 2.82. The van der Waals surface area contributed by atoms with Crippen LogP contribution in [0.2, 0.25) is 0 Å². The van der Waals surface area contributed by atoms with E-state index in [-0.39, 0.29) is 5.84 Å². The summed E-state index contributed by atoms with van der Waals surface area (Å²) in [7, 11) is 0. The van der Waals surface area contributed by atoms with Gasteiger partial charge >= 0.3 is 0 Å². The Morgan fingerprint density at radius 2 is 2.00 bits per heavy atom. The van der Waals surface area contributed by atoms with E-state index in [2.05, 4.69) is 9.97 Å². The molecule has 1 heterocycles. The first-order valence-electron chi connectivity index (χ1n) is 3.83. The number of aromatic nitrogens is 2. The monoisotopic (exact) mass is 172 g/mol. The summed E-state index contributed by atoms with van der Waals surface area (Å²) < 4.78 is 0. The fraction of sp³-hybridized carbons (Fsp3) is 0. The molecule has 3 N–H and O–H groups in total. The Labute approximate surface area is 74.9 Å². The number of nitrogens with one attached hydrogen (secondary N) is 1. The lowest BCUT2D eigenvalue weighted by Gasteiger charge is -2.01. The largest absolute Gasteiger partial charge is 0.382 e. The molecule has 0 bridgehead atoms. The minimum Gasteiger partial charge on any atom is -0.382 e. The topological polar surface area (TPSA) is 75.7 Å². The lowest BCUT2D eigenvalue weighted by atomic mass is 10.2. The van der Waals surface area contributed by atoms with E-state index in [9.17, 15) is 0 Å². The molecule has 4 heteroatoms. The van der Waals surface area contributed by atoms with Crippen LogP contribution in [0.3, 0.4) is 0 Å². The molecule has 0 saturated carbocycles. The van der Waals surface area contributed by atoms with Gasteiger partial charge in [0.1, 0.15) is 17.9 Å². The molecule has 0 amide bonds. The number of nitrogen functional groups attached to an aromatic ring is 1. The molecule has 64 valence electrons. The predicted octanol–water partition coefficient (Wildman–Crippen LogP) is 0.914. The highest BCUT2D eigenvalue weighted by molar-refractivity contribution is 6.04.